The number of hydrogen-bond acceptors (Lipinski definition) is 2. The number of benzene rings is 1. The molecule has 0 radical (unpaired) electrons. The van der Waals surface area contributed by atoms with Crippen molar-refractivity contribution < 1.29 is 14.3 Å². The van der Waals surface area contributed by atoms with Gasteiger partial charge in [-0.3, -0.25) is 0 Å². The van der Waals surface area contributed by atoms with Gasteiger partial charge >= 0.3 is 6.03 Å². The third-order valence-electron chi connectivity index (χ3n) is 3.90. The molecule has 0 bridgehead atoms. The highest BCUT2D eigenvalue weighted by molar-refractivity contribution is 5.74. The number of hydrogen-bond donors (Lipinski definition) is 3. The van der Waals surface area contributed by atoms with Crippen LogP contribution in [-0.4, -0.2) is 23.8 Å². The van der Waals surface area contributed by atoms with Crippen molar-refractivity contribution in [1.29, 1.82) is 0 Å². The van der Waals surface area contributed by atoms with Crippen LogP contribution in [0.15, 0.2) is 18.2 Å². The van der Waals surface area contributed by atoms with Crippen LogP contribution in [0.3, 0.4) is 0 Å². The number of nitrogens with one attached hydrogen (secondary N) is 2. The first-order valence-corrected chi connectivity index (χ1v) is 7.56. The quantitative estimate of drug-likeness (QED) is 0.782. The topological polar surface area (TPSA) is 61.4 Å². The van der Waals surface area contributed by atoms with Crippen LogP contribution < -0.4 is 10.6 Å². The van der Waals surface area contributed by atoms with E-state index in [0.29, 0.717) is 6.42 Å². The van der Waals surface area contributed by atoms with Crippen LogP contribution >= 0.6 is 0 Å². The Morgan fingerprint density at radius 2 is 2.33 bits per heavy atom. The highest BCUT2D eigenvalue weighted by Gasteiger charge is 2.22. The van der Waals surface area contributed by atoms with E-state index in [1.165, 1.54) is 6.07 Å². The maximum Gasteiger partial charge on any atom is 0.315 e. The van der Waals surface area contributed by atoms with Gasteiger partial charge in [-0.25, -0.2) is 9.18 Å². The van der Waals surface area contributed by atoms with E-state index < -0.39 is 0 Å². The number of rotatable bonds is 5. The molecule has 0 fully saturated rings. The molecule has 1 aromatic rings. The predicted molar refractivity (Wildman–Crippen MR) is 79.5 cm³/mol. The lowest BCUT2D eigenvalue weighted by Gasteiger charge is -2.27. The first kappa shape index (κ1) is 15.8. The van der Waals surface area contributed by atoms with Crippen LogP contribution in [0.25, 0.3) is 0 Å². The standard InChI is InChI=1S/C16H23FN2O2/c1-11(4-3-9-20)18-16(21)19-15-6-2-5-12-10-13(17)7-8-14(12)15/h7-8,10-11,15,20H,2-6,9H2,1H3,(H2,18,19,21). The van der Waals surface area contributed by atoms with Crippen molar-refractivity contribution in [3.8, 4) is 0 Å². The van der Waals surface area contributed by atoms with Crippen LogP contribution in [0.4, 0.5) is 9.18 Å². The number of carbonyl (C=O) groups excluding carboxylic acids is 1. The zero-order chi connectivity index (χ0) is 15.2. The van der Waals surface area contributed by atoms with Crippen LogP contribution in [0.5, 0.6) is 0 Å². The molecule has 116 valence electrons. The maximum absolute atomic E-state index is 13.3. The summed E-state index contributed by atoms with van der Waals surface area (Å²) in [5.74, 6) is -0.225. The molecule has 1 aromatic carbocycles. The molecule has 21 heavy (non-hydrogen) atoms. The normalized spacial score (nSPS) is 18.7. The summed E-state index contributed by atoms with van der Waals surface area (Å²) in [4.78, 5) is 12.0. The lowest BCUT2D eigenvalue weighted by Crippen LogP contribution is -2.43. The average Bonchev–Trinajstić information content (AvgIpc) is 2.44. The number of aliphatic hydroxyl groups is 1. The molecule has 1 aliphatic rings. The number of amides is 2. The third-order valence-corrected chi connectivity index (χ3v) is 3.90. The minimum atomic E-state index is -0.225. The second-order valence-corrected chi connectivity index (χ2v) is 5.67. The second kappa shape index (κ2) is 7.41. The molecular weight excluding hydrogens is 271 g/mol. The molecule has 0 heterocycles. The number of carbonyl (C=O) groups is 1. The molecular formula is C16H23FN2O2. The zero-order valence-electron chi connectivity index (χ0n) is 12.4. The fraction of sp³-hybridized carbons (Fsp3) is 0.562. The Hall–Kier alpha value is -1.62. The molecule has 0 aliphatic heterocycles. The molecule has 5 heteroatoms. The van der Waals surface area contributed by atoms with Gasteiger partial charge in [0.15, 0.2) is 0 Å². The molecule has 2 amide bonds. The van der Waals surface area contributed by atoms with Crippen LogP contribution in [0.1, 0.15) is 49.8 Å². The molecule has 2 rings (SSSR count). The Balaban J connectivity index is 1.93. The Morgan fingerprint density at radius 1 is 1.52 bits per heavy atom. The lowest BCUT2D eigenvalue weighted by atomic mass is 9.87. The summed E-state index contributed by atoms with van der Waals surface area (Å²) in [6, 6.07) is 4.53. The van der Waals surface area contributed by atoms with Gasteiger partial charge in [0, 0.05) is 12.6 Å². The van der Waals surface area contributed by atoms with Crippen LogP contribution in [-0.2, 0) is 6.42 Å². The number of aliphatic hydroxyl groups excluding tert-OH is 1. The number of halogens is 1. The van der Waals surface area contributed by atoms with E-state index in [-0.39, 0.29) is 30.5 Å². The minimum absolute atomic E-state index is 0.0217. The van der Waals surface area contributed by atoms with Crippen LogP contribution in [0, 0.1) is 5.82 Å². The van der Waals surface area contributed by atoms with Crippen molar-refractivity contribution >= 4 is 6.03 Å². The van der Waals surface area contributed by atoms with Gasteiger partial charge in [-0.05, 0) is 62.3 Å². The molecule has 0 saturated heterocycles. The number of fused-ring (bicyclic) bond motifs is 1. The number of urea groups is 1. The van der Waals surface area contributed by atoms with E-state index in [2.05, 4.69) is 10.6 Å². The van der Waals surface area contributed by atoms with Gasteiger partial charge < -0.3 is 15.7 Å². The van der Waals surface area contributed by atoms with Crippen molar-refractivity contribution in [3.63, 3.8) is 0 Å². The van der Waals surface area contributed by atoms with Crippen molar-refractivity contribution in [2.45, 2.75) is 51.1 Å². The fourth-order valence-electron chi connectivity index (χ4n) is 2.83. The van der Waals surface area contributed by atoms with Gasteiger partial charge in [0.25, 0.3) is 0 Å². The van der Waals surface area contributed by atoms with E-state index in [1.807, 2.05) is 6.92 Å². The van der Waals surface area contributed by atoms with E-state index in [9.17, 15) is 9.18 Å². The van der Waals surface area contributed by atoms with Gasteiger partial charge in [0.1, 0.15) is 5.82 Å². The van der Waals surface area contributed by atoms with Crippen molar-refractivity contribution in [3.05, 3.63) is 35.1 Å². The molecule has 4 nitrogen and oxygen atoms in total. The highest BCUT2D eigenvalue weighted by atomic mass is 19.1. The lowest BCUT2D eigenvalue weighted by molar-refractivity contribution is 0.229. The summed E-state index contributed by atoms with van der Waals surface area (Å²) in [7, 11) is 0. The van der Waals surface area contributed by atoms with E-state index in [1.54, 1.807) is 12.1 Å². The van der Waals surface area contributed by atoms with E-state index in [0.717, 1.165) is 36.8 Å². The highest BCUT2D eigenvalue weighted by Crippen LogP contribution is 2.30. The first-order chi connectivity index (χ1) is 10.1. The van der Waals surface area contributed by atoms with Crippen molar-refractivity contribution in [2.75, 3.05) is 6.61 Å². The molecule has 0 aromatic heterocycles. The largest absolute Gasteiger partial charge is 0.396 e. The number of aryl methyl sites for hydroxylation is 1. The summed E-state index contributed by atoms with van der Waals surface area (Å²) in [5.41, 5.74) is 2.00. The van der Waals surface area contributed by atoms with Gasteiger partial charge in [-0.15, -0.1) is 0 Å². The zero-order valence-corrected chi connectivity index (χ0v) is 12.4. The summed E-state index contributed by atoms with van der Waals surface area (Å²) < 4.78 is 13.3. The van der Waals surface area contributed by atoms with Gasteiger partial charge in [0.05, 0.1) is 6.04 Å². The molecule has 2 atom stereocenters. The van der Waals surface area contributed by atoms with Crippen LogP contribution in [0.2, 0.25) is 0 Å². The van der Waals surface area contributed by atoms with E-state index >= 15 is 0 Å². The summed E-state index contributed by atoms with van der Waals surface area (Å²) >= 11 is 0. The minimum Gasteiger partial charge on any atom is -0.396 e. The van der Waals surface area contributed by atoms with Gasteiger partial charge in [0.2, 0.25) is 0 Å². The maximum atomic E-state index is 13.3. The van der Waals surface area contributed by atoms with Crippen molar-refractivity contribution in [1.82, 2.24) is 10.6 Å². The monoisotopic (exact) mass is 294 g/mol. The molecule has 3 N–H and O–H groups in total. The Bertz CT molecular complexity index is 493. The average molecular weight is 294 g/mol. The van der Waals surface area contributed by atoms with Crippen molar-refractivity contribution in [2.24, 2.45) is 0 Å². The third kappa shape index (κ3) is 4.43. The molecule has 2 unspecified atom stereocenters. The Kier molecular flexibility index (Phi) is 5.56. The van der Waals surface area contributed by atoms with Gasteiger partial charge in [-0.2, -0.15) is 0 Å². The second-order valence-electron chi connectivity index (χ2n) is 5.67. The predicted octanol–water partition coefficient (Wildman–Crippen LogP) is 2.66. The smallest absolute Gasteiger partial charge is 0.315 e. The molecule has 0 spiro atoms. The summed E-state index contributed by atoms with van der Waals surface area (Å²) in [5, 5.41) is 14.6. The molecule has 1 aliphatic carbocycles. The first-order valence-electron chi connectivity index (χ1n) is 7.56. The summed E-state index contributed by atoms with van der Waals surface area (Å²) in [6.07, 6.45) is 4.10. The fourth-order valence-corrected chi connectivity index (χ4v) is 2.83. The summed E-state index contributed by atoms with van der Waals surface area (Å²) in [6.45, 7) is 2.05. The van der Waals surface area contributed by atoms with E-state index in [4.69, 9.17) is 5.11 Å². The molecule has 0 saturated carbocycles. The Labute approximate surface area is 124 Å². The SMILES string of the molecule is CC(CCCO)NC(=O)NC1CCCc2cc(F)ccc21. The Morgan fingerprint density at radius 3 is 3.10 bits per heavy atom. The van der Waals surface area contributed by atoms with Gasteiger partial charge in [-0.1, -0.05) is 6.07 Å².